The summed E-state index contributed by atoms with van der Waals surface area (Å²) in [7, 11) is -4.67. The van der Waals surface area contributed by atoms with Gasteiger partial charge in [-0.3, -0.25) is 14.3 Å². The summed E-state index contributed by atoms with van der Waals surface area (Å²) in [6, 6.07) is 0. The molecule has 6 N–H and O–H groups in total. The van der Waals surface area contributed by atoms with Crippen LogP contribution in [0.25, 0.3) is 0 Å². The van der Waals surface area contributed by atoms with Crippen molar-refractivity contribution in [3.63, 3.8) is 0 Å². The van der Waals surface area contributed by atoms with Crippen molar-refractivity contribution >= 4 is 28.2 Å². The number of nitrogens with zero attached hydrogens (tertiary/aromatic N) is 3. The van der Waals surface area contributed by atoms with E-state index in [0.29, 0.717) is 18.4 Å². The lowest BCUT2D eigenvalue weighted by molar-refractivity contribution is 0.380. The molecular formula is C9H16N6O5S. The molecule has 1 aromatic rings. The summed E-state index contributed by atoms with van der Waals surface area (Å²) in [6.45, 7) is 3.07. The van der Waals surface area contributed by atoms with Crippen molar-refractivity contribution in [1.82, 2.24) is 15.0 Å². The molecule has 12 heteroatoms. The van der Waals surface area contributed by atoms with Gasteiger partial charge in [-0.05, 0) is 6.42 Å². The summed E-state index contributed by atoms with van der Waals surface area (Å²) in [5.41, 5.74) is 1.87. The third-order valence-electron chi connectivity index (χ3n) is 1.62. The van der Waals surface area contributed by atoms with Crippen LogP contribution < -0.4 is 16.1 Å². The van der Waals surface area contributed by atoms with E-state index in [2.05, 4.69) is 31.5 Å². The number of rotatable bonds is 6. The minimum Gasteiger partial charge on any atom is -0.354 e. The first kappa shape index (κ1) is 18.8. The van der Waals surface area contributed by atoms with Crippen LogP contribution >= 0.6 is 0 Å². The number of nitrogens with one attached hydrogen (secondary N) is 3. The monoisotopic (exact) mass is 320 g/mol. The van der Waals surface area contributed by atoms with E-state index in [-0.39, 0.29) is 5.95 Å². The molecule has 0 aliphatic rings. The maximum absolute atomic E-state index is 8.74. The summed E-state index contributed by atoms with van der Waals surface area (Å²) in [5, 5.41) is 14.5. The van der Waals surface area contributed by atoms with Crippen LogP contribution in [0.15, 0.2) is 0 Å². The molecule has 0 aliphatic heterocycles. The van der Waals surface area contributed by atoms with Crippen molar-refractivity contribution in [2.24, 2.45) is 0 Å². The van der Waals surface area contributed by atoms with Gasteiger partial charge in [0.05, 0.1) is 6.54 Å². The number of hydrogen-bond acceptors (Lipinski definition) is 9. The molecule has 0 saturated carbocycles. The number of terminal acetylenes is 1. The quantitative estimate of drug-likeness (QED) is 0.235. The second-order valence-corrected chi connectivity index (χ2v) is 4.25. The minimum absolute atomic E-state index is 0.0631. The lowest BCUT2D eigenvalue weighted by Crippen LogP contribution is -2.11. The van der Waals surface area contributed by atoms with Crippen molar-refractivity contribution in [2.75, 3.05) is 29.2 Å². The lowest BCUT2D eigenvalue weighted by Gasteiger charge is -2.07. The first-order valence-electron chi connectivity index (χ1n) is 5.57. The maximum Gasteiger partial charge on any atom is 0.394 e. The number of anilines is 3. The Labute approximate surface area is 121 Å². The Bertz CT molecular complexity index is 564. The van der Waals surface area contributed by atoms with Crippen molar-refractivity contribution in [1.29, 1.82) is 0 Å². The van der Waals surface area contributed by atoms with E-state index in [4.69, 9.17) is 29.2 Å². The predicted molar refractivity (Wildman–Crippen MR) is 75.5 cm³/mol. The second-order valence-electron chi connectivity index (χ2n) is 3.35. The molecular weight excluding hydrogens is 304 g/mol. The van der Waals surface area contributed by atoms with E-state index in [0.717, 1.165) is 13.0 Å². The summed E-state index contributed by atoms with van der Waals surface area (Å²) < 4.78 is 31.6. The fourth-order valence-electron chi connectivity index (χ4n) is 0.951. The first-order valence-corrected chi connectivity index (χ1v) is 6.97. The second kappa shape index (κ2) is 9.66. The zero-order valence-corrected chi connectivity index (χ0v) is 11.9. The highest BCUT2D eigenvalue weighted by molar-refractivity contribution is 7.79. The fourth-order valence-corrected chi connectivity index (χ4v) is 0.951. The molecule has 0 radical (unpaired) electrons. The molecule has 0 fully saturated rings. The Kier molecular flexibility index (Phi) is 8.65. The summed E-state index contributed by atoms with van der Waals surface area (Å²) in [4.78, 5) is 11.8. The average Bonchev–Trinajstić information content (AvgIpc) is 2.40. The van der Waals surface area contributed by atoms with Gasteiger partial charge in [-0.25, -0.2) is 5.48 Å². The fraction of sp³-hybridized carbons (Fsp3) is 0.444. The molecule has 0 aliphatic carbocycles. The Morgan fingerprint density at radius 3 is 2.05 bits per heavy atom. The molecule has 0 saturated heterocycles. The Morgan fingerprint density at radius 1 is 1.14 bits per heavy atom. The third-order valence-corrected chi connectivity index (χ3v) is 1.62. The lowest BCUT2D eigenvalue weighted by atomic mass is 10.5. The molecule has 0 aromatic carbocycles. The predicted octanol–water partition coefficient (Wildman–Crippen LogP) is -0.113. The number of aromatic nitrogens is 3. The van der Waals surface area contributed by atoms with E-state index in [1.807, 2.05) is 12.4 Å². The average molecular weight is 320 g/mol. The highest BCUT2D eigenvalue weighted by Gasteiger charge is 2.04. The Morgan fingerprint density at radius 2 is 1.62 bits per heavy atom. The van der Waals surface area contributed by atoms with Crippen LogP contribution in [0, 0.1) is 12.3 Å². The molecule has 21 heavy (non-hydrogen) atoms. The van der Waals surface area contributed by atoms with Gasteiger partial charge in [-0.1, -0.05) is 12.8 Å². The molecule has 0 amide bonds. The van der Waals surface area contributed by atoms with Crippen LogP contribution in [0.3, 0.4) is 0 Å². The van der Waals surface area contributed by atoms with Gasteiger partial charge in [0.25, 0.3) is 5.95 Å². The molecule has 1 aromatic heterocycles. The summed E-state index contributed by atoms with van der Waals surface area (Å²) in [5.74, 6) is 3.16. The van der Waals surface area contributed by atoms with Crippen LogP contribution in [0.1, 0.15) is 13.3 Å². The van der Waals surface area contributed by atoms with E-state index >= 15 is 0 Å². The van der Waals surface area contributed by atoms with E-state index < -0.39 is 10.4 Å². The van der Waals surface area contributed by atoms with Crippen molar-refractivity contribution in [2.45, 2.75) is 13.3 Å². The smallest absolute Gasteiger partial charge is 0.354 e. The standard InChI is InChI=1S/C9H14N6O.H2O4S/c1-3-5-10-7-12-8(11-6-4-2)14-9(13-7)15-16;1-5(2,3)4/h1,16H,4-6H2,2H3,(H3,10,11,12,13,14,15);(H2,1,2,3,4). The van der Waals surface area contributed by atoms with Gasteiger partial charge in [-0.2, -0.15) is 23.4 Å². The SMILES string of the molecule is C#CCNc1nc(NO)nc(NCCC)n1.O=S(=O)(O)O. The van der Waals surface area contributed by atoms with E-state index in [1.165, 1.54) is 0 Å². The zero-order valence-electron chi connectivity index (χ0n) is 11.1. The molecule has 0 bridgehead atoms. The molecule has 0 atom stereocenters. The molecule has 0 spiro atoms. The highest BCUT2D eigenvalue weighted by atomic mass is 32.3. The van der Waals surface area contributed by atoms with Gasteiger partial charge < -0.3 is 10.6 Å². The van der Waals surface area contributed by atoms with Crippen LogP contribution in [0.2, 0.25) is 0 Å². The maximum atomic E-state index is 8.74. The molecule has 1 rings (SSSR count). The van der Waals surface area contributed by atoms with Crippen LogP contribution in [0.5, 0.6) is 0 Å². The zero-order chi connectivity index (χ0) is 16.3. The van der Waals surface area contributed by atoms with Crippen molar-refractivity contribution in [3.05, 3.63) is 0 Å². The molecule has 1 heterocycles. The van der Waals surface area contributed by atoms with Crippen LogP contribution in [0.4, 0.5) is 17.8 Å². The van der Waals surface area contributed by atoms with Gasteiger partial charge in [-0.15, -0.1) is 6.42 Å². The van der Waals surface area contributed by atoms with E-state index in [1.54, 1.807) is 0 Å². The number of hydrogen-bond donors (Lipinski definition) is 6. The van der Waals surface area contributed by atoms with Gasteiger partial charge in [0, 0.05) is 6.54 Å². The Hall–Kier alpha value is -2.20. The van der Waals surface area contributed by atoms with Gasteiger partial charge in [0.2, 0.25) is 11.9 Å². The summed E-state index contributed by atoms with van der Waals surface area (Å²) in [6.07, 6.45) is 6.05. The first-order chi connectivity index (χ1) is 9.80. The normalized spacial score (nSPS) is 9.86. The molecule has 11 nitrogen and oxygen atoms in total. The topological polar surface area (TPSA) is 170 Å². The minimum atomic E-state index is -4.67. The van der Waals surface area contributed by atoms with Gasteiger partial charge in [0.1, 0.15) is 0 Å². The van der Waals surface area contributed by atoms with Crippen molar-refractivity contribution < 1.29 is 22.7 Å². The van der Waals surface area contributed by atoms with Crippen molar-refractivity contribution in [3.8, 4) is 12.3 Å². The largest absolute Gasteiger partial charge is 0.394 e. The van der Waals surface area contributed by atoms with Crippen LogP contribution in [-0.4, -0.2) is 50.8 Å². The van der Waals surface area contributed by atoms with Gasteiger partial charge >= 0.3 is 10.4 Å². The summed E-state index contributed by atoms with van der Waals surface area (Å²) >= 11 is 0. The van der Waals surface area contributed by atoms with Gasteiger partial charge in [0.15, 0.2) is 0 Å². The van der Waals surface area contributed by atoms with Crippen LogP contribution in [-0.2, 0) is 10.4 Å². The van der Waals surface area contributed by atoms with E-state index in [9.17, 15) is 0 Å². The molecule has 0 unspecified atom stereocenters. The Balaban J connectivity index is 0.000000690. The molecule has 118 valence electrons. The highest BCUT2D eigenvalue weighted by Crippen LogP contribution is 2.08. The third kappa shape index (κ3) is 11.3.